The Balaban J connectivity index is 1.88. The zero-order valence-electron chi connectivity index (χ0n) is 12.0. The average molecular weight is 308 g/mol. The van der Waals surface area contributed by atoms with Crippen LogP contribution in [0.5, 0.6) is 5.75 Å². The van der Waals surface area contributed by atoms with E-state index in [4.69, 9.17) is 16.3 Å². The highest BCUT2D eigenvalue weighted by molar-refractivity contribution is 6.33. The third kappa shape index (κ3) is 4.94. The second kappa shape index (κ2) is 7.89. The van der Waals surface area contributed by atoms with Gasteiger partial charge in [0.05, 0.1) is 17.3 Å². The molecule has 0 unspecified atom stereocenters. The van der Waals surface area contributed by atoms with Gasteiger partial charge < -0.3 is 10.1 Å². The maximum absolute atomic E-state index is 13.0. The van der Waals surface area contributed by atoms with E-state index in [2.05, 4.69) is 12.2 Å². The maximum atomic E-state index is 13.0. The average Bonchev–Trinajstić information content (AvgIpc) is 2.48. The molecule has 0 aromatic heterocycles. The summed E-state index contributed by atoms with van der Waals surface area (Å²) in [4.78, 5) is 0. The zero-order chi connectivity index (χ0) is 15.1. The lowest BCUT2D eigenvalue weighted by atomic mass is 10.2. The minimum absolute atomic E-state index is 0.334. The van der Waals surface area contributed by atoms with Crippen molar-refractivity contribution in [3.63, 3.8) is 0 Å². The highest BCUT2D eigenvalue weighted by Gasteiger charge is 2.02. The molecule has 0 saturated heterocycles. The molecule has 1 N–H and O–H groups in total. The van der Waals surface area contributed by atoms with Gasteiger partial charge in [-0.3, -0.25) is 0 Å². The van der Waals surface area contributed by atoms with E-state index >= 15 is 0 Å². The summed E-state index contributed by atoms with van der Waals surface area (Å²) < 4.78 is 18.6. The zero-order valence-corrected chi connectivity index (χ0v) is 12.8. The summed E-state index contributed by atoms with van der Waals surface area (Å²) in [5.41, 5.74) is 1.83. The summed E-state index contributed by atoms with van der Waals surface area (Å²) in [5.74, 6) is 0.547. The van der Waals surface area contributed by atoms with Crippen molar-refractivity contribution in [1.82, 2.24) is 0 Å². The summed E-state index contributed by atoms with van der Waals surface area (Å²) in [5, 5.41) is 3.57. The van der Waals surface area contributed by atoms with Crippen LogP contribution >= 0.6 is 11.6 Å². The van der Waals surface area contributed by atoms with Gasteiger partial charge >= 0.3 is 0 Å². The first-order valence-corrected chi connectivity index (χ1v) is 7.47. The molecule has 0 heterocycles. The summed E-state index contributed by atoms with van der Waals surface area (Å²) >= 11 is 5.97. The van der Waals surface area contributed by atoms with Gasteiger partial charge in [0.2, 0.25) is 0 Å². The Morgan fingerprint density at radius 2 is 1.90 bits per heavy atom. The van der Waals surface area contributed by atoms with Gasteiger partial charge in [0.25, 0.3) is 0 Å². The first-order valence-electron chi connectivity index (χ1n) is 7.09. The van der Waals surface area contributed by atoms with E-state index < -0.39 is 0 Å². The number of rotatable bonds is 7. The third-order valence-electron chi connectivity index (χ3n) is 3.10. The fourth-order valence-electron chi connectivity index (χ4n) is 1.87. The molecule has 0 aliphatic carbocycles. The van der Waals surface area contributed by atoms with E-state index in [-0.39, 0.29) is 5.82 Å². The van der Waals surface area contributed by atoms with Gasteiger partial charge in [0.15, 0.2) is 0 Å². The highest BCUT2D eigenvalue weighted by Crippen LogP contribution is 2.23. The van der Waals surface area contributed by atoms with Crippen LogP contribution in [0.3, 0.4) is 0 Å². The molecular weight excluding hydrogens is 289 g/mol. The van der Waals surface area contributed by atoms with Crippen molar-refractivity contribution in [2.75, 3.05) is 11.9 Å². The Labute approximate surface area is 129 Å². The van der Waals surface area contributed by atoms with Crippen LogP contribution < -0.4 is 10.1 Å². The molecule has 0 bridgehead atoms. The standard InChI is InChI=1S/C17H19ClFNO/c1-2-3-10-21-15-7-4-13(5-8-15)12-20-17-9-6-14(19)11-16(17)18/h4-9,11,20H,2-3,10,12H2,1H3. The van der Waals surface area contributed by atoms with E-state index in [9.17, 15) is 4.39 Å². The molecule has 0 radical (unpaired) electrons. The minimum Gasteiger partial charge on any atom is -0.494 e. The van der Waals surface area contributed by atoms with Gasteiger partial charge in [-0.2, -0.15) is 0 Å². The lowest BCUT2D eigenvalue weighted by Gasteiger charge is -2.10. The van der Waals surface area contributed by atoms with Crippen molar-refractivity contribution in [3.8, 4) is 5.75 Å². The smallest absolute Gasteiger partial charge is 0.124 e. The van der Waals surface area contributed by atoms with Crippen molar-refractivity contribution in [1.29, 1.82) is 0 Å². The topological polar surface area (TPSA) is 21.3 Å². The van der Waals surface area contributed by atoms with Gasteiger partial charge in [0, 0.05) is 6.54 Å². The van der Waals surface area contributed by atoms with Crippen LogP contribution in [-0.2, 0) is 6.54 Å². The number of unbranched alkanes of at least 4 members (excludes halogenated alkanes) is 1. The fraction of sp³-hybridized carbons (Fsp3) is 0.294. The van der Waals surface area contributed by atoms with Crippen molar-refractivity contribution in [2.24, 2.45) is 0 Å². The fourth-order valence-corrected chi connectivity index (χ4v) is 2.10. The van der Waals surface area contributed by atoms with E-state index in [1.54, 1.807) is 6.07 Å². The number of anilines is 1. The summed E-state index contributed by atoms with van der Waals surface area (Å²) in [6.07, 6.45) is 2.19. The normalized spacial score (nSPS) is 10.4. The first-order chi connectivity index (χ1) is 10.2. The molecule has 2 rings (SSSR count). The Hall–Kier alpha value is -1.74. The van der Waals surface area contributed by atoms with Crippen molar-refractivity contribution < 1.29 is 9.13 Å². The quantitative estimate of drug-likeness (QED) is 0.704. The minimum atomic E-state index is -0.334. The van der Waals surface area contributed by atoms with Crippen LogP contribution in [-0.4, -0.2) is 6.61 Å². The molecule has 112 valence electrons. The highest BCUT2D eigenvalue weighted by atomic mass is 35.5. The monoisotopic (exact) mass is 307 g/mol. The van der Waals surface area contributed by atoms with Gasteiger partial charge in [-0.25, -0.2) is 4.39 Å². The second-order valence-corrected chi connectivity index (χ2v) is 5.23. The number of hydrogen-bond donors (Lipinski definition) is 1. The van der Waals surface area contributed by atoms with Gasteiger partial charge in [-0.15, -0.1) is 0 Å². The molecule has 0 aliphatic rings. The summed E-state index contributed by atoms with van der Waals surface area (Å²) in [7, 11) is 0. The molecule has 0 spiro atoms. The lowest BCUT2D eigenvalue weighted by molar-refractivity contribution is 0.309. The summed E-state index contributed by atoms with van der Waals surface area (Å²) in [6, 6.07) is 12.3. The van der Waals surface area contributed by atoms with Gasteiger partial charge in [-0.1, -0.05) is 37.1 Å². The molecule has 4 heteroatoms. The molecule has 0 amide bonds. The van der Waals surface area contributed by atoms with Crippen LogP contribution in [0.4, 0.5) is 10.1 Å². The van der Waals surface area contributed by atoms with Crippen LogP contribution in [0.1, 0.15) is 25.3 Å². The largest absolute Gasteiger partial charge is 0.494 e. The number of halogens is 2. The maximum Gasteiger partial charge on any atom is 0.124 e. The molecule has 0 saturated carbocycles. The second-order valence-electron chi connectivity index (χ2n) is 4.82. The molecule has 2 nitrogen and oxygen atoms in total. The van der Waals surface area contributed by atoms with Crippen LogP contribution in [0.15, 0.2) is 42.5 Å². The Morgan fingerprint density at radius 3 is 2.57 bits per heavy atom. The summed E-state index contributed by atoms with van der Waals surface area (Å²) in [6.45, 7) is 3.51. The van der Waals surface area contributed by atoms with Crippen molar-refractivity contribution in [2.45, 2.75) is 26.3 Å². The van der Waals surface area contributed by atoms with Crippen molar-refractivity contribution in [3.05, 3.63) is 58.9 Å². The van der Waals surface area contributed by atoms with Crippen LogP contribution in [0, 0.1) is 5.82 Å². The van der Waals surface area contributed by atoms with E-state index in [1.807, 2.05) is 24.3 Å². The van der Waals surface area contributed by atoms with Crippen LogP contribution in [0.2, 0.25) is 5.02 Å². The number of nitrogens with one attached hydrogen (secondary N) is 1. The predicted octanol–water partition coefficient (Wildman–Crippen LogP) is 5.27. The Morgan fingerprint density at radius 1 is 1.14 bits per heavy atom. The van der Waals surface area contributed by atoms with E-state index in [0.29, 0.717) is 11.6 Å². The van der Waals surface area contributed by atoms with Crippen LogP contribution in [0.25, 0.3) is 0 Å². The van der Waals surface area contributed by atoms with E-state index in [1.165, 1.54) is 12.1 Å². The SMILES string of the molecule is CCCCOc1ccc(CNc2ccc(F)cc2Cl)cc1. The van der Waals surface area contributed by atoms with Crippen molar-refractivity contribution >= 4 is 17.3 Å². The molecule has 0 atom stereocenters. The third-order valence-corrected chi connectivity index (χ3v) is 3.42. The first kappa shape index (κ1) is 15.6. The number of benzene rings is 2. The molecule has 0 aliphatic heterocycles. The van der Waals surface area contributed by atoms with Gasteiger partial charge in [0.1, 0.15) is 11.6 Å². The molecular formula is C17H19ClFNO. The molecule has 21 heavy (non-hydrogen) atoms. The molecule has 0 fully saturated rings. The van der Waals surface area contributed by atoms with Gasteiger partial charge in [-0.05, 0) is 42.3 Å². The number of ether oxygens (including phenoxy) is 1. The lowest BCUT2D eigenvalue weighted by Crippen LogP contribution is -2.01. The Bertz CT molecular complexity index is 572. The predicted molar refractivity (Wildman–Crippen MR) is 85.6 cm³/mol. The molecule has 2 aromatic carbocycles. The van der Waals surface area contributed by atoms with E-state index in [0.717, 1.165) is 36.4 Å². The Kier molecular flexibility index (Phi) is 5.88. The number of hydrogen-bond acceptors (Lipinski definition) is 2. The molecule has 2 aromatic rings.